The molecule has 0 saturated carbocycles. The molecule has 2 aromatic carbocycles. The number of anilines is 1. The van der Waals surface area contributed by atoms with Crippen molar-refractivity contribution >= 4 is 28.7 Å². The van der Waals surface area contributed by atoms with Gasteiger partial charge in [0, 0.05) is 52.5 Å². The SMILES string of the molecule is CCCCCN1C(=CC=C2CCC(C=CC3=[N+](CCCCC)c4ccccc4C3(C)C)=C2Cl)C(C)(C)c2ccccc21. The van der Waals surface area contributed by atoms with Gasteiger partial charge in [-0.05, 0) is 68.4 Å². The summed E-state index contributed by atoms with van der Waals surface area (Å²) in [6.07, 6.45) is 18.7. The fourth-order valence-electron chi connectivity index (χ4n) is 7.17. The minimum atomic E-state index is -0.0294. The highest BCUT2D eigenvalue weighted by molar-refractivity contribution is 6.33. The molecule has 0 spiro atoms. The molecule has 0 fully saturated rings. The topological polar surface area (TPSA) is 6.25 Å². The molecule has 0 aromatic heterocycles. The molecule has 2 nitrogen and oxygen atoms in total. The second-order valence-corrected chi connectivity index (χ2v) is 13.7. The van der Waals surface area contributed by atoms with E-state index < -0.39 is 0 Å². The minimum absolute atomic E-state index is 0.0294. The van der Waals surface area contributed by atoms with Crippen LogP contribution in [-0.2, 0) is 10.8 Å². The van der Waals surface area contributed by atoms with E-state index in [1.807, 2.05) is 0 Å². The second kappa shape index (κ2) is 12.8. The predicted octanol–water partition coefficient (Wildman–Crippen LogP) is 10.9. The van der Waals surface area contributed by atoms with Crippen molar-refractivity contribution in [1.82, 2.24) is 0 Å². The summed E-state index contributed by atoms with van der Waals surface area (Å²) in [6, 6.07) is 17.9. The van der Waals surface area contributed by atoms with Gasteiger partial charge in [0.15, 0.2) is 5.71 Å². The van der Waals surface area contributed by atoms with Crippen LogP contribution in [0.3, 0.4) is 0 Å². The number of fused-ring (bicyclic) bond motifs is 2. The van der Waals surface area contributed by atoms with Gasteiger partial charge in [-0.1, -0.05) is 107 Å². The molecule has 1 aliphatic carbocycles. The van der Waals surface area contributed by atoms with Crippen LogP contribution in [0.5, 0.6) is 0 Å². The first-order chi connectivity index (χ1) is 20.2. The number of nitrogens with zero attached hydrogens (tertiary/aromatic N) is 2. The van der Waals surface area contributed by atoms with Crippen LogP contribution in [-0.4, -0.2) is 23.4 Å². The van der Waals surface area contributed by atoms with Gasteiger partial charge in [0.05, 0.1) is 5.41 Å². The minimum Gasteiger partial charge on any atom is -0.344 e. The molecular formula is C39H50ClN2+. The molecule has 0 unspecified atom stereocenters. The van der Waals surface area contributed by atoms with E-state index in [0.29, 0.717) is 0 Å². The summed E-state index contributed by atoms with van der Waals surface area (Å²) in [7, 11) is 0. The molecule has 42 heavy (non-hydrogen) atoms. The van der Waals surface area contributed by atoms with Gasteiger partial charge in [-0.3, -0.25) is 0 Å². The first-order valence-corrected chi connectivity index (χ1v) is 16.7. The summed E-state index contributed by atoms with van der Waals surface area (Å²) in [4.78, 5) is 2.55. The maximum Gasteiger partial charge on any atom is 0.209 e. The largest absolute Gasteiger partial charge is 0.344 e. The molecule has 2 aromatic rings. The molecule has 0 saturated heterocycles. The van der Waals surface area contributed by atoms with Gasteiger partial charge >= 0.3 is 0 Å². The fraction of sp³-hybridized carbons (Fsp3) is 0.462. The van der Waals surface area contributed by atoms with Gasteiger partial charge in [0.2, 0.25) is 5.69 Å². The lowest BCUT2D eigenvalue weighted by atomic mass is 9.81. The number of rotatable bonds is 11. The van der Waals surface area contributed by atoms with E-state index in [4.69, 9.17) is 11.6 Å². The molecular weight excluding hydrogens is 532 g/mol. The number of benzene rings is 2. The van der Waals surface area contributed by atoms with Crippen LogP contribution in [0, 0.1) is 0 Å². The number of para-hydroxylation sites is 2. The molecule has 0 amide bonds. The first kappa shape index (κ1) is 30.6. The van der Waals surface area contributed by atoms with E-state index in [-0.39, 0.29) is 10.8 Å². The van der Waals surface area contributed by atoms with Gasteiger partial charge in [0.25, 0.3) is 0 Å². The molecule has 3 aliphatic rings. The lowest BCUT2D eigenvalue weighted by molar-refractivity contribution is -0.438. The summed E-state index contributed by atoms with van der Waals surface area (Å²) < 4.78 is 2.55. The summed E-state index contributed by atoms with van der Waals surface area (Å²) >= 11 is 7.11. The molecule has 3 heteroatoms. The van der Waals surface area contributed by atoms with Gasteiger partial charge in [-0.25, -0.2) is 0 Å². The van der Waals surface area contributed by atoms with Crippen molar-refractivity contribution in [2.75, 3.05) is 18.0 Å². The van der Waals surface area contributed by atoms with Crippen LogP contribution in [0.15, 0.2) is 94.7 Å². The van der Waals surface area contributed by atoms with Gasteiger partial charge in [0.1, 0.15) is 6.54 Å². The first-order valence-electron chi connectivity index (χ1n) is 16.3. The number of hydrogen-bond donors (Lipinski definition) is 0. The van der Waals surface area contributed by atoms with Crippen LogP contribution >= 0.6 is 11.6 Å². The highest BCUT2D eigenvalue weighted by Crippen LogP contribution is 2.48. The van der Waals surface area contributed by atoms with Crippen molar-refractivity contribution in [3.63, 3.8) is 0 Å². The van der Waals surface area contributed by atoms with Crippen molar-refractivity contribution in [2.24, 2.45) is 0 Å². The molecule has 0 N–H and O–H groups in total. The fourth-order valence-corrected chi connectivity index (χ4v) is 7.49. The van der Waals surface area contributed by atoms with E-state index in [2.05, 4.69) is 124 Å². The number of halogens is 1. The van der Waals surface area contributed by atoms with Crippen LogP contribution < -0.4 is 4.90 Å². The van der Waals surface area contributed by atoms with Crippen LogP contribution in [0.1, 0.15) is 104 Å². The van der Waals surface area contributed by atoms with Crippen LogP contribution in [0.4, 0.5) is 11.4 Å². The van der Waals surface area contributed by atoms with Crippen molar-refractivity contribution in [3.05, 3.63) is 106 Å². The standard InChI is InChI=1S/C39H50ClN2/c1-7-9-15-27-41-33-19-13-11-17-31(33)38(3,4)35(41)25-23-29-21-22-30(37(29)40)24-26-36-39(5,6)32-18-12-14-20-34(32)42(36)28-16-10-8-2/h11-14,17-20,23-26H,7-10,15-16,21-22,27-28H2,1-6H3/q+1. The van der Waals surface area contributed by atoms with Crippen molar-refractivity contribution in [2.45, 2.75) is 104 Å². The van der Waals surface area contributed by atoms with E-state index in [1.54, 1.807) is 0 Å². The van der Waals surface area contributed by atoms with E-state index in [9.17, 15) is 0 Å². The molecule has 2 heterocycles. The quantitative estimate of drug-likeness (QED) is 0.189. The van der Waals surface area contributed by atoms with E-state index >= 15 is 0 Å². The predicted molar refractivity (Wildman–Crippen MR) is 183 cm³/mol. The van der Waals surface area contributed by atoms with Crippen molar-refractivity contribution in [1.29, 1.82) is 0 Å². The van der Waals surface area contributed by atoms with Crippen LogP contribution in [0.25, 0.3) is 0 Å². The lowest BCUT2D eigenvalue weighted by Gasteiger charge is -2.27. The third kappa shape index (κ3) is 5.72. The Hall–Kier alpha value is -2.84. The summed E-state index contributed by atoms with van der Waals surface area (Å²) in [6.45, 7) is 16.1. The molecule has 2 aliphatic heterocycles. The Kier molecular flexibility index (Phi) is 9.33. The van der Waals surface area contributed by atoms with Crippen molar-refractivity contribution in [3.8, 4) is 0 Å². The maximum atomic E-state index is 7.11. The van der Waals surface area contributed by atoms with Crippen LogP contribution in [0.2, 0.25) is 0 Å². The molecule has 0 bridgehead atoms. The van der Waals surface area contributed by atoms with Gasteiger partial charge in [-0.2, -0.15) is 4.58 Å². The zero-order valence-electron chi connectivity index (χ0n) is 26.8. The third-order valence-electron chi connectivity index (χ3n) is 9.68. The molecule has 222 valence electrons. The van der Waals surface area contributed by atoms with E-state index in [1.165, 1.54) is 83.6 Å². The molecule has 0 radical (unpaired) electrons. The van der Waals surface area contributed by atoms with E-state index in [0.717, 1.165) is 31.0 Å². The smallest absolute Gasteiger partial charge is 0.209 e. The molecule has 0 atom stereocenters. The lowest BCUT2D eigenvalue weighted by Crippen LogP contribution is -2.28. The normalized spacial score (nSPS) is 21.0. The Morgan fingerprint density at radius 1 is 0.786 bits per heavy atom. The monoisotopic (exact) mass is 581 g/mol. The Morgan fingerprint density at radius 3 is 2.24 bits per heavy atom. The third-order valence-corrected chi connectivity index (χ3v) is 10.2. The number of unbranched alkanes of at least 4 members (excludes halogenated alkanes) is 4. The maximum absolute atomic E-state index is 7.11. The van der Waals surface area contributed by atoms with Crippen molar-refractivity contribution < 1.29 is 4.58 Å². The highest BCUT2D eigenvalue weighted by atomic mass is 35.5. The van der Waals surface area contributed by atoms with Gasteiger partial charge < -0.3 is 4.90 Å². The molecule has 5 rings (SSSR count). The Morgan fingerprint density at radius 2 is 1.48 bits per heavy atom. The summed E-state index contributed by atoms with van der Waals surface area (Å²) in [5.74, 6) is 0. The average Bonchev–Trinajstić information content (AvgIpc) is 3.51. The highest BCUT2D eigenvalue weighted by Gasteiger charge is 2.44. The Balaban J connectivity index is 1.44. The Labute approximate surface area is 260 Å². The zero-order chi connectivity index (χ0) is 29.9. The average molecular weight is 582 g/mol. The summed E-state index contributed by atoms with van der Waals surface area (Å²) in [5, 5.41) is 0.931. The number of allylic oxidation sites excluding steroid dienone is 8. The second-order valence-electron chi connectivity index (χ2n) is 13.3. The Bertz CT molecular complexity index is 1460. The number of hydrogen-bond acceptors (Lipinski definition) is 1. The zero-order valence-corrected chi connectivity index (χ0v) is 27.5. The summed E-state index contributed by atoms with van der Waals surface area (Å²) in [5.41, 5.74) is 10.8. The van der Waals surface area contributed by atoms with Gasteiger partial charge in [-0.15, -0.1) is 0 Å².